The van der Waals surface area contributed by atoms with E-state index in [2.05, 4.69) is 12.2 Å². The summed E-state index contributed by atoms with van der Waals surface area (Å²) in [5.74, 6) is -0.688. The van der Waals surface area contributed by atoms with Gasteiger partial charge in [0.2, 0.25) is 0 Å². The highest BCUT2D eigenvalue weighted by Gasteiger charge is 1.96. The van der Waals surface area contributed by atoms with E-state index < -0.39 is 5.97 Å². The fourth-order valence-corrected chi connectivity index (χ4v) is 2.24. The second-order valence-corrected chi connectivity index (χ2v) is 5.69. The Labute approximate surface area is 130 Å². The minimum atomic E-state index is -0.688. The largest absolute Gasteiger partial charge is 0.481 e. The lowest BCUT2D eigenvalue weighted by molar-refractivity contribution is -0.137. The van der Waals surface area contributed by atoms with Crippen LogP contribution in [0, 0.1) is 0 Å². The quantitative estimate of drug-likeness (QED) is 0.399. The maximum atomic E-state index is 10.3. The van der Waals surface area contributed by atoms with Crippen LogP contribution >= 0.6 is 0 Å². The Hall–Kier alpha value is -0.610. The van der Waals surface area contributed by atoms with Gasteiger partial charge in [-0.2, -0.15) is 0 Å². The SMILES string of the molecule is CCCOCCCCCCCCCNCCCCC(=O)O. The van der Waals surface area contributed by atoms with Crippen molar-refractivity contribution in [2.75, 3.05) is 26.3 Å². The Bertz CT molecular complexity index is 222. The van der Waals surface area contributed by atoms with E-state index >= 15 is 0 Å². The molecule has 126 valence electrons. The lowest BCUT2D eigenvalue weighted by Gasteiger charge is -2.05. The number of rotatable bonds is 17. The normalized spacial score (nSPS) is 10.9. The van der Waals surface area contributed by atoms with Gasteiger partial charge in [0.25, 0.3) is 0 Å². The van der Waals surface area contributed by atoms with Crippen LogP contribution in [0.1, 0.15) is 77.6 Å². The lowest BCUT2D eigenvalue weighted by atomic mass is 10.1. The first kappa shape index (κ1) is 20.4. The number of unbranched alkanes of at least 4 members (excludes halogenated alkanes) is 7. The van der Waals surface area contributed by atoms with E-state index in [1.807, 2.05) is 0 Å². The number of carbonyl (C=O) groups is 1. The highest BCUT2D eigenvalue weighted by atomic mass is 16.5. The van der Waals surface area contributed by atoms with Crippen molar-refractivity contribution < 1.29 is 14.6 Å². The zero-order valence-electron chi connectivity index (χ0n) is 13.9. The molecule has 2 N–H and O–H groups in total. The Morgan fingerprint density at radius 3 is 2.05 bits per heavy atom. The zero-order valence-corrected chi connectivity index (χ0v) is 13.9. The average molecular weight is 301 g/mol. The first-order valence-electron chi connectivity index (χ1n) is 8.77. The molecule has 0 atom stereocenters. The van der Waals surface area contributed by atoms with E-state index in [1.165, 1.54) is 44.9 Å². The summed E-state index contributed by atoms with van der Waals surface area (Å²) in [4.78, 5) is 10.3. The van der Waals surface area contributed by atoms with Gasteiger partial charge >= 0.3 is 5.97 Å². The van der Waals surface area contributed by atoms with E-state index in [9.17, 15) is 4.79 Å². The summed E-state index contributed by atoms with van der Waals surface area (Å²) in [5, 5.41) is 11.9. The topological polar surface area (TPSA) is 58.6 Å². The smallest absolute Gasteiger partial charge is 0.303 e. The highest BCUT2D eigenvalue weighted by Crippen LogP contribution is 2.07. The van der Waals surface area contributed by atoms with Crippen molar-refractivity contribution in [1.82, 2.24) is 5.32 Å². The monoisotopic (exact) mass is 301 g/mol. The molecule has 0 aromatic carbocycles. The van der Waals surface area contributed by atoms with E-state index in [1.54, 1.807) is 0 Å². The van der Waals surface area contributed by atoms with Gasteiger partial charge in [0.1, 0.15) is 0 Å². The van der Waals surface area contributed by atoms with Gasteiger partial charge in [-0.15, -0.1) is 0 Å². The van der Waals surface area contributed by atoms with E-state index in [0.29, 0.717) is 6.42 Å². The van der Waals surface area contributed by atoms with Crippen LogP contribution in [0.5, 0.6) is 0 Å². The summed E-state index contributed by atoms with van der Waals surface area (Å²) >= 11 is 0. The molecule has 0 radical (unpaired) electrons. The molecule has 0 bridgehead atoms. The molecule has 0 aliphatic heterocycles. The minimum Gasteiger partial charge on any atom is -0.481 e. The predicted octanol–water partition coefficient (Wildman–Crippen LogP) is 3.99. The van der Waals surface area contributed by atoms with Gasteiger partial charge < -0.3 is 15.2 Å². The van der Waals surface area contributed by atoms with Gasteiger partial charge in [0, 0.05) is 19.6 Å². The van der Waals surface area contributed by atoms with Crippen molar-refractivity contribution in [3.05, 3.63) is 0 Å². The van der Waals surface area contributed by atoms with Crippen LogP contribution in [0.15, 0.2) is 0 Å². The summed E-state index contributed by atoms with van der Waals surface area (Å²) in [5.41, 5.74) is 0. The maximum absolute atomic E-state index is 10.3. The number of carboxylic acids is 1. The van der Waals surface area contributed by atoms with Crippen molar-refractivity contribution in [3.8, 4) is 0 Å². The van der Waals surface area contributed by atoms with Crippen molar-refractivity contribution >= 4 is 5.97 Å². The molecular formula is C17H35NO3. The molecule has 21 heavy (non-hydrogen) atoms. The fraction of sp³-hybridized carbons (Fsp3) is 0.941. The predicted molar refractivity (Wildman–Crippen MR) is 87.8 cm³/mol. The Balaban J connectivity index is 2.95. The molecule has 0 aliphatic rings. The third kappa shape index (κ3) is 19.4. The first-order chi connectivity index (χ1) is 10.3. The Morgan fingerprint density at radius 1 is 0.857 bits per heavy atom. The number of hydrogen-bond donors (Lipinski definition) is 2. The number of carboxylic acid groups (broad SMARTS) is 1. The van der Waals surface area contributed by atoms with Crippen LogP contribution in [0.3, 0.4) is 0 Å². The van der Waals surface area contributed by atoms with Crippen molar-refractivity contribution in [2.45, 2.75) is 77.6 Å². The standard InChI is InChI=1S/C17H35NO3/c1-2-15-21-16-11-7-5-3-4-6-9-13-18-14-10-8-12-17(19)20/h18H,2-16H2,1H3,(H,19,20). The molecule has 4 nitrogen and oxygen atoms in total. The molecule has 0 saturated heterocycles. The second kappa shape index (κ2) is 17.4. The fourth-order valence-electron chi connectivity index (χ4n) is 2.24. The van der Waals surface area contributed by atoms with Crippen LogP contribution in [0.4, 0.5) is 0 Å². The van der Waals surface area contributed by atoms with Crippen molar-refractivity contribution in [2.24, 2.45) is 0 Å². The Kier molecular flexibility index (Phi) is 16.9. The van der Waals surface area contributed by atoms with Gasteiger partial charge in [-0.05, 0) is 45.2 Å². The van der Waals surface area contributed by atoms with Gasteiger partial charge in [-0.25, -0.2) is 0 Å². The van der Waals surface area contributed by atoms with Gasteiger partial charge in [0.05, 0.1) is 0 Å². The lowest BCUT2D eigenvalue weighted by Crippen LogP contribution is -2.16. The molecule has 4 heteroatoms. The molecule has 0 aromatic rings. The second-order valence-electron chi connectivity index (χ2n) is 5.69. The van der Waals surface area contributed by atoms with E-state index in [-0.39, 0.29) is 0 Å². The molecule has 0 aliphatic carbocycles. The maximum Gasteiger partial charge on any atom is 0.303 e. The number of aliphatic carboxylic acids is 1. The van der Waals surface area contributed by atoms with Gasteiger partial charge in [-0.1, -0.05) is 39.0 Å². The molecule has 0 unspecified atom stereocenters. The van der Waals surface area contributed by atoms with Gasteiger partial charge in [0.15, 0.2) is 0 Å². The van der Waals surface area contributed by atoms with Crippen LogP contribution in [0.2, 0.25) is 0 Å². The summed E-state index contributed by atoms with van der Waals surface area (Å²) in [6.45, 7) is 6.00. The minimum absolute atomic E-state index is 0.297. The number of ether oxygens (including phenoxy) is 1. The molecule has 0 saturated carbocycles. The molecular weight excluding hydrogens is 266 g/mol. The van der Waals surface area contributed by atoms with Crippen LogP contribution in [0.25, 0.3) is 0 Å². The molecule has 0 rings (SSSR count). The third-order valence-electron chi connectivity index (χ3n) is 3.48. The van der Waals surface area contributed by atoms with Gasteiger partial charge in [-0.3, -0.25) is 4.79 Å². The highest BCUT2D eigenvalue weighted by molar-refractivity contribution is 5.66. The van der Waals surface area contributed by atoms with Crippen LogP contribution < -0.4 is 5.32 Å². The molecule has 0 fully saturated rings. The molecule has 0 spiro atoms. The summed E-state index contributed by atoms with van der Waals surface area (Å²) in [6, 6.07) is 0. The summed E-state index contributed by atoms with van der Waals surface area (Å²) in [7, 11) is 0. The average Bonchev–Trinajstić information content (AvgIpc) is 2.46. The molecule has 0 amide bonds. The summed E-state index contributed by atoms with van der Waals surface area (Å²) in [6.07, 6.45) is 12.2. The first-order valence-corrected chi connectivity index (χ1v) is 8.77. The van der Waals surface area contributed by atoms with Crippen molar-refractivity contribution in [1.29, 1.82) is 0 Å². The zero-order chi connectivity index (χ0) is 15.6. The number of nitrogens with one attached hydrogen (secondary N) is 1. The summed E-state index contributed by atoms with van der Waals surface area (Å²) < 4.78 is 5.45. The van der Waals surface area contributed by atoms with Crippen molar-refractivity contribution in [3.63, 3.8) is 0 Å². The van der Waals surface area contributed by atoms with E-state index in [4.69, 9.17) is 9.84 Å². The Morgan fingerprint density at radius 2 is 1.43 bits per heavy atom. The molecule has 0 heterocycles. The number of hydrogen-bond acceptors (Lipinski definition) is 3. The van der Waals surface area contributed by atoms with Crippen LogP contribution in [-0.4, -0.2) is 37.4 Å². The molecule has 0 aromatic heterocycles. The van der Waals surface area contributed by atoms with E-state index in [0.717, 1.165) is 45.6 Å². The third-order valence-corrected chi connectivity index (χ3v) is 3.48. The van der Waals surface area contributed by atoms with Crippen LogP contribution in [-0.2, 0) is 9.53 Å².